The van der Waals surface area contributed by atoms with Crippen LogP contribution in [0.2, 0.25) is 0 Å². The van der Waals surface area contributed by atoms with Gasteiger partial charge in [-0.05, 0) is 25.0 Å². The molecular formula is C15H19N3O4. The lowest BCUT2D eigenvalue weighted by Gasteiger charge is -2.09. The summed E-state index contributed by atoms with van der Waals surface area (Å²) in [4.78, 5) is 23.2. The Bertz CT molecular complexity index is 553. The highest BCUT2D eigenvalue weighted by Crippen LogP contribution is 2.14. The highest BCUT2D eigenvalue weighted by Gasteiger charge is 2.18. The Morgan fingerprint density at radius 2 is 2.23 bits per heavy atom. The smallest absolute Gasteiger partial charge is 0.329 e. The summed E-state index contributed by atoms with van der Waals surface area (Å²) in [5.74, 6) is -0.917. The van der Waals surface area contributed by atoms with Gasteiger partial charge < -0.3 is 14.8 Å². The summed E-state index contributed by atoms with van der Waals surface area (Å²) in [6.07, 6.45) is 3.29. The number of hydrazone groups is 1. The molecule has 1 saturated heterocycles. The minimum atomic E-state index is -0.816. The average molecular weight is 305 g/mol. The molecule has 1 fully saturated rings. The second kappa shape index (κ2) is 8.14. The SMILES string of the molecule is COc1ccccc1/C=N\NC(=O)C(=O)NC[C@H]1CCCO1. The summed E-state index contributed by atoms with van der Waals surface area (Å²) in [7, 11) is 1.55. The molecule has 1 atom stereocenters. The molecule has 118 valence electrons. The van der Waals surface area contributed by atoms with E-state index in [9.17, 15) is 9.59 Å². The molecule has 0 saturated carbocycles. The van der Waals surface area contributed by atoms with Gasteiger partial charge in [0.2, 0.25) is 0 Å². The maximum absolute atomic E-state index is 11.6. The number of nitrogens with zero attached hydrogens (tertiary/aromatic N) is 1. The van der Waals surface area contributed by atoms with Crippen molar-refractivity contribution >= 4 is 18.0 Å². The van der Waals surface area contributed by atoms with Gasteiger partial charge >= 0.3 is 11.8 Å². The largest absolute Gasteiger partial charge is 0.496 e. The van der Waals surface area contributed by atoms with Gasteiger partial charge in [-0.1, -0.05) is 12.1 Å². The fraction of sp³-hybridized carbons (Fsp3) is 0.400. The minimum Gasteiger partial charge on any atom is -0.496 e. The van der Waals surface area contributed by atoms with Gasteiger partial charge in [0.25, 0.3) is 0 Å². The zero-order valence-corrected chi connectivity index (χ0v) is 12.4. The molecule has 0 radical (unpaired) electrons. The van der Waals surface area contributed by atoms with Crippen molar-refractivity contribution in [3.8, 4) is 5.75 Å². The standard InChI is InChI=1S/C15H19N3O4/c1-21-13-7-3-2-5-11(13)9-17-18-15(20)14(19)16-10-12-6-4-8-22-12/h2-3,5,7,9,12H,4,6,8,10H2,1H3,(H,16,19)(H,18,20)/b17-9-/t12-/m1/s1. The topological polar surface area (TPSA) is 89.0 Å². The molecule has 2 N–H and O–H groups in total. The second-order valence-electron chi connectivity index (χ2n) is 4.79. The van der Waals surface area contributed by atoms with E-state index in [1.807, 2.05) is 12.1 Å². The fourth-order valence-corrected chi connectivity index (χ4v) is 2.08. The lowest BCUT2D eigenvalue weighted by Crippen LogP contribution is -2.41. The summed E-state index contributed by atoms with van der Waals surface area (Å²) in [5, 5.41) is 6.28. The third kappa shape index (κ3) is 4.56. The zero-order chi connectivity index (χ0) is 15.8. The molecule has 1 aliphatic rings. The van der Waals surface area contributed by atoms with Crippen LogP contribution < -0.4 is 15.5 Å². The van der Waals surface area contributed by atoms with E-state index in [1.54, 1.807) is 19.2 Å². The first-order valence-corrected chi connectivity index (χ1v) is 7.06. The van der Waals surface area contributed by atoms with E-state index < -0.39 is 11.8 Å². The molecule has 1 heterocycles. The summed E-state index contributed by atoms with van der Waals surface area (Å²) < 4.78 is 10.5. The molecule has 7 heteroatoms. The van der Waals surface area contributed by atoms with E-state index in [1.165, 1.54) is 6.21 Å². The maximum atomic E-state index is 11.6. The number of para-hydroxylation sites is 1. The van der Waals surface area contributed by atoms with Crippen molar-refractivity contribution in [1.82, 2.24) is 10.7 Å². The summed E-state index contributed by atoms with van der Waals surface area (Å²) >= 11 is 0. The Hall–Kier alpha value is -2.41. The van der Waals surface area contributed by atoms with E-state index in [4.69, 9.17) is 9.47 Å². The predicted molar refractivity (Wildman–Crippen MR) is 80.7 cm³/mol. The molecule has 0 aliphatic carbocycles. The third-order valence-corrected chi connectivity index (χ3v) is 3.23. The van der Waals surface area contributed by atoms with Gasteiger partial charge in [-0.2, -0.15) is 5.10 Å². The van der Waals surface area contributed by atoms with Crippen LogP contribution in [0.15, 0.2) is 29.4 Å². The number of nitrogens with one attached hydrogen (secondary N) is 2. The molecule has 2 rings (SSSR count). The lowest BCUT2D eigenvalue weighted by atomic mass is 10.2. The number of hydrogen-bond acceptors (Lipinski definition) is 5. The zero-order valence-electron chi connectivity index (χ0n) is 12.4. The van der Waals surface area contributed by atoms with E-state index in [0.29, 0.717) is 24.5 Å². The van der Waals surface area contributed by atoms with Crippen LogP contribution in [0.5, 0.6) is 5.75 Å². The highest BCUT2D eigenvalue weighted by molar-refractivity contribution is 6.35. The van der Waals surface area contributed by atoms with Gasteiger partial charge in [-0.15, -0.1) is 0 Å². The van der Waals surface area contributed by atoms with Gasteiger partial charge in [0.15, 0.2) is 0 Å². The van der Waals surface area contributed by atoms with Crippen molar-refractivity contribution in [2.45, 2.75) is 18.9 Å². The van der Waals surface area contributed by atoms with E-state index >= 15 is 0 Å². The first kappa shape index (κ1) is 16.0. The lowest BCUT2D eigenvalue weighted by molar-refractivity contribution is -0.139. The van der Waals surface area contributed by atoms with Gasteiger partial charge in [-0.3, -0.25) is 9.59 Å². The number of amides is 2. The van der Waals surface area contributed by atoms with Crippen molar-refractivity contribution in [3.05, 3.63) is 29.8 Å². The molecule has 1 aromatic carbocycles. The fourth-order valence-electron chi connectivity index (χ4n) is 2.08. The van der Waals surface area contributed by atoms with Crippen LogP contribution in [0.3, 0.4) is 0 Å². The van der Waals surface area contributed by atoms with Gasteiger partial charge in [0, 0.05) is 18.7 Å². The molecule has 22 heavy (non-hydrogen) atoms. The summed E-state index contributed by atoms with van der Waals surface area (Å²) in [5.41, 5.74) is 2.88. The van der Waals surface area contributed by atoms with Crippen molar-refractivity contribution in [2.75, 3.05) is 20.3 Å². The Balaban J connectivity index is 1.78. The first-order valence-electron chi connectivity index (χ1n) is 7.06. The molecule has 2 amide bonds. The van der Waals surface area contributed by atoms with Crippen LogP contribution in [0.4, 0.5) is 0 Å². The van der Waals surface area contributed by atoms with Crippen molar-refractivity contribution in [1.29, 1.82) is 0 Å². The molecule has 1 aliphatic heterocycles. The Morgan fingerprint density at radius 1 is 1.41 bits per heavy atom. The van der Waals surface area contributed by atoms with E-state index in [0.717, 1.165) is 12.8 Å². The van der Waals surface area contributed by atoms with Crippen molar-refractivity contribution < 1.29 is 19.1 Å². The Kier molecular flexibility index (Phi) is 5.91. The molecule has 0 spiro atoms. The van der Waals surface area contributed by atoms with Crippen molar-refractivity contribution in [3.63, 3.8) is 0 Å². The third-order valence-electron chi connectivity index (χ3n) is 3.23. The number of rotatable bonds is 5. The highest BCUT2D eigenvalue weighted by atomic mass is 16.5. The number of hydrogen-bond donors (Lipinski definition) is 2. The predicted octanol–water partition coefficient (Wildman–Crippen LogP) is 0.440. The second-order valence-corrected chi connectivity index (χ2v) is 4.79. The van der Waals surface area contributed by atoms with Crippen LogP contribution in [0, 0.1) is 0 Å². The van der Waals surface area contributed by atoms with Crippen LogP contribution in [-0.4, -0.2) is 44.4 Å². The molecular weight excluding hydrogens is 286 g/mol. The maximum Gasteiger partial charge on any atom is 0.329 e. The molecule has 1 aromatic rings. The molecule has 7 nitrogen and oxygen atoms in total. The van der Waals surface area contributed by atoms with Crippen LogP contribution in [0.25, 0.3) is 0 Å². The van der Waals surface area contributed by atoms with Gasteiger partial charge in [0.1, 0.15) is 5.75 Å². The van der Waals surface area contributed by atoms with Gasteiger partial charge in [-0.25, -0.2) is 5.43 Å². The normalized spacial score (nSPS) is 17.4. The number of carbonyl (C=O) groups excluding carboxylic acids is 2. The number of ether oxygens (including phenoxy) is 2. The monoisotopic (exact) mass is 305 g/mol. The average Bonchev–Trinajstić information content (AvgIpc) is 3.06. The summed E-state index contributed by atoms with van der Waals surface area (Å²) in [6.45, 7) is 1.04. The molecule has 0 aromatic heterocycles. The Morgan fingerprint density at radius 3 is 2.95 bits per heavy atom. The minimum absolute atomic E-state index is 0.00571. The number of benzene rings is 1. The summed E-state index contributed by atoms with van der Waals surface area (Å²) in [6, 6.07) is 7.21. The number of methoxy groups -OCH3 is 1. The quantitative estimate of drug-likeness (QED) is 0.469. The van der Waals surface area contributed by atoms with Crippen molar-refractivity contribution in [2.24, 2.45) is 5.10 Å². The Labute approximate surface area is 128 Å². The number of carbonyl (C=O) groups is 2. The van der Waals surface area contributed by atoms with Gasteiger partial charge in [0.05, 0.1) is 19.4 Å². The first-order chi connectivity index (χ1) is 10.7. The van der Waals surface area contributed by atoms with E-state index in [-0.39, 0.29) is 6.10 Å². The van der Waals surface area contributed by atoms with E-state index in [2.05, 4.69) is 15.8 Å². The van der Waals surface area contributed by atoms with Crippen LogP contribution >= 0.6 is 0 Å². The van der Waals surface area contributed by atoms with Crippen LogP contribution in [0.1, 0.15) is 18.4 Å². The molecule has 0 bridgehead atoms. The van der Waals surface area contributed by atoms with Crippen LogP contribution in [-0.2, 0) is 14.3 Å². The molecule has 0 unspecified atom stereocenters.